The number of aromatic nitrogens is 4. The van der Waals surface area contributed by atoms with Crippen molar-refractivity contribution in [3.05, 3.63) is 27.7 Å². The van der Waals surface area contributed by atoms with Crippen molar-refractivity contribution in [2.45, 2.75) is 84.7 Å². The van der Waals surface area contributed by atoms with E-state index in [1.54, 1.807) is 11.3 Å². The van der Waals surface area contributed by atoms with Crippen LogP contribution in [0.15, 0.2) is 10.4 Å². The molecule has 3 heterocycles. The van der Waals surface area contributed by atoms with Crippen LogP contribution in [0.25, 0.3) is 0 Å². The summed E-state index contributed by atoms with van der Waals surface area (Å²) in [5.74, 6) is 3.28. The maximum Gasteiger partial charge on any atom is 0.191 e. The lowest BCUT2D eigenvalue weighted by atomic mass is 9.93. The topological polar surface area (TPSA) is 80.0 Å². The molecule has 0 aromatic carbocycles. The number of halogens is 1. The highest BCUT2D eigenvalue weighted by atomic mass is 127. The van der Waals surface area contributed by atoms with E-state index in [2.05, 4.69) is 72.3 Å². The summed E-state index contributed by atoms with van der Waals surface area (Å²) in [6.07, 6.45) is 2.86. The molecule has 1 atom stereocenters. The molecule has 0 saturated heterocycles. The molecule has 0 spiro atoms. The summed E-state index contributed by atoms with van der Waals surface area (Å²) in [5, 5.41) is 15.0. The minimum atomic E-state index is 0. The van der Waals surface area contributed by atoms with E-state index in [1.807, 2.05) is 0 Å². The van der Waals surface area contributed by atoms with Gasteiger partial charge in [0.2, 0.25) is 0 Å². The van der Waals surface area contributed by atoms with Crippen LogP contribution in [0.3, 0.4) is 0 Å². The lowest BCUT2D eigenvalue weighted by Crippen LogP contribution is -2.47. The van der Waals surface area contributed by atoms with Gasteiger partial charge in [-0.3, -0.25) is 4.99 Å². The molecule has 9 heteroatoms. The normalized spacial score (nSPS) is 16.9. The van der Waals surface area contributed by atoms with Crippen molar-refractivity contribution in [2.24, 2.45) is 4.99 Å². The molecule has 1 aliphatic heterocycles. The zero-order chi connectivity index (χ0) is 21.0. The maximum atomic E-state index is 4.78. The minimum absolute atomic E-state index is 0. The number of thiazole rings is 1. The fourth-order valence-corrected chi connectivity index (χ4v) is 4.25. The molecule has 1 unspecified atom stereocenters. The third kappa shape index (κ3) is 6.63. The summed E-state index contributed by atoms with van der Waals surface area (Å²) < 4.78 is 2.06. The van der Waals surface area contributed by atoms with Gasteiger partial charge in [0.05, 0.1) is 17.2 Å². The van der Waals surface area contributed by atoms with E-state index in [0.29, 0.717) is 12.0 Å². The van der Waals surface area contributed by atoms with E-state index in [9.17, 15) is 0 Å². The Morgan fingerprint density at radius 3 is 2.73 bits per heavy atom. The number of fused-ring (bicyclic) bond motifs is 1. The van der Waals surface area contributed by atoms with E-state index in [-0.39, 0.29) is 29.4 Å². The number of hydrogen-bond donors (Lipinski definition) is 2. The van der Waals surface area contributed by atoms with Gasteiger partial charge in [-0.25, -0.2) is 14.6 Å². The molecule has 0 fully saturated rings. The second-order valence-corrected chi connectivity index (χ2v) is 9.93. The lowest BCUT2D eigenvalue weighted by molar-refractivity contribution is 0.391. The Morgan fingerprint density at radius 2 is 2.10 bits per heavy atom. The molecule has 168 valence electrons. The average molecular weight is 546 g/mol. The highest BCUT2D eigenvalue weighted by Gasteiger charge is 2.23. The smallest absolute Gasteiger partial charge is 0.191 e. The van der Waals surface area contributed by atoms with Crippen LogP contribution in [0.2, 0.25) is 0 Å². The van der Waals surface area contributed by atoms with Gasteiger partial charge >= 0.3 is 0 Å². The minimum Gasteiger partial charge on any atom is -0.357 e. The Labute approximate surface area is 201 Å². The second kappa shape index (κ2) is 10.9. The van der Waals surface area contributed by atoms with E-state index >= 15 is 0 Å². The summed E-state index contributed by atoms with van der Waals surface area (Å²) in [5.41, 5.74) is 1.27. The van der Waals surface area contributed by atoms with Crippen molar-refractivity contribution in [1.82, 2.24) is 30.4 Å². The van der Waals surface area contributed by atoms with Gasteiger partial charge in [0.15, 0.2) is 11.8 Å². The Bertz CT molecular complexity index is 835. The first-order valence-electron chi connectivity index (χ1n) is 10.7. The Hall–Kier alpha value is -1.23. The number of nitrogens with one attached hydrogen (secondary N) is 2. The molecule has 2 aromatic heterocycles. The first kappa shape index (κ1) is 25.0. The maximum absolute atomic E-state index is 4.78. The zero-order valence-corrected chi connectivity index (χ0v) is 22.2. The number of nitrogens with zero attached hydrogens (tertiary/aromatic N) is 5. The predicted octanol–water partition coefficient (Wildman–Crippen LogP) is 3.89. The largest absolute Gasteiger partial charge is 0.357 e. The highest BCUT2D eigenvalue weighted by Crippen LogP contribution is 2.24. The summed E-state index contributed by atoms with van der Waals surface area (Å²) in [7, 11) is 0. The van der Waals surface area contributed by atoms with Crippen molar-refractivity contribution in [2.75, 3.05) is 13.1 Å². The number of hydrogen-bond acceptors (Lipinski definition) is 5. The molecule has 0 saturated carbocycles. The van der Waals surface area contributed by atoms with Gasteiger partial charge in [-0.15, -0.1) is 35.3 Å². The predicted molar refractivity (Wildman–Crippen MR) is 135 cm³/mol. The molecular weight excluding hydrogens is 509 g/mol. The van der Waals surface area contributed by atoms with Crippen LogP contribution in [0.1, 0.15) is 76.2 Å². The molecule has 0 bridgehead atoms. The summed E-state index contributed by atoms with van der Waals surface area (Å²) in [6.45, 7) is 15.4. The SMILES string of the molecule is CCNC(=NCCc1nc(C(C)(C)C)cs1)NC1CCc2nc(C(C)C)nn2C1.I. The van der Waals surface area contributed by atoms with Gasteiger partial charge < -0.3 is 10.6 Å². The van der Waals surface area contributed by atoms with E-state index in [1.165, 1.54) is 0 Å². The van der Waals surface area contributed by atoms with Gasteiger partial charge in [0, 0.05) is 48.7 Å². The fourth-order valence-electron chi connectivity index (χ4n) is 3.24. The van der Waals surface area contributed by atoms with Crippen molar-refractivity contribution in [3.63, 3.8) is 0 Å². The van der Waals surface area contributed by atoms with Crippen molar-refractivity contribution in [1.29, 1.82) is 0 Å². The van der Waals surface area contributed by atoms with Crippen LogP contribution in [0, 0.1) is 0 Å². The second-order valence-electron chi connectivity index (χ2n) is 8.99. The quantitative estimate of drug-likeness (QED) is 0.327. The van der Waals surface area contributed by atoms with Gasteiger partial charge in [0.1, 0.15) is 5.82 Å². The molecule has 2 N–H and O–H groups in total. The van der Waals surface area contributed by atoms with Crippen molar-refractivity contribution >= 4 is 41.3 Å². The molecular formula is C21H36IN7S. The van der Waals surface area contributed by atoms with Crippen LogP contribution in [0.4, 0.5) is 0 Å². The summed E-state index contributed by atoms with van der Waals surface area (Å²) in [4.78, 5) is 14.2. The number of aliphatic imine (C=N–C) groups is 1. The Balaban J connectivity index is 0.00000320. The van der Waals surface area contributed by atoms with E-state index < -0.39 is 0 Å². The first-order chi connectivity index (χ1) is 13.8. The van der Waals surface area contributed by atoms with Gasteiger partial charge in [-0.05, 0) is 13.3 Å². The Morgan fingerprint density at radius 1 is 1.33 bits per heavy atom. The molecule has 1 aliphatic rings. The molecule has 3 rings (SSSR count). The number of guanidine groups is 1. The lowest BCUT2D eigenvalue weighted by Gasteiger charge is -2.25. The number of rotatable bonds is 6. The van der Waals surface area contributed by atoms with E-state index in [0.717, 1.165) is 67.2 Å². The number of aryl methyl sites for hydroxylation is 1. The van der Waals surface area contributed by atoms with Crippen LogP contribution < -0.4 is 10.6 Å². The van der Waals surface area contributed by atoms with E-state index in [4.69, 9.17) is 9.98 Å². The van der Waals surface area contributed by atoms with Crippen LogP contribution in [-0.4, -0.2) is 44.8 Å². The third-order valence-electron chi connectivity index (χ3n) is 4.99. The van der Waals surface area contributed by atoms with Gasteiger partial charge in [-0.2, -0.15) is 5.10 Å². The summed E-state index contributed by atoms with van der Waals surface area (Å²) >= 11 is 1.73. The molecule has 7 nitrogen and oxygen atoms in total. The third-order valence-corrected chi connectivity index (χ3v) is 5.90. The van der Waals surface area contributed by atoms with Crippen LogP contribution in [0.5, 0.6) is 0 Å². The molecule has 30 heavy (non-hydrogen) atoms. The molecule has 0 amide bonds. The zero-order valence-electron chi connectivity index (χ0n) is 19.0. The molecule has 0 aliphatic carbocycles. The van der Waals surface area contributed by atoms with Gasteiger partial charge in [0.25, 0.3) is 0 Å². The first-order valence-corrected chi connectivity index (χ1v) is 11.6. The fraction of sp³-hybridized carbons (Fsp3) is 0.714. The van der Waals surface area contributed by atoms with Gasteiger partial charge in [-0.1, -0.05) is 34.6 Å². The van der Waals surface area contributed by atoms with Crippen LogP contribution in [-0.2, 0) is 24.8 Å². The van der Waals surface area contributed by atoms with Crippen molar-refractivity contribution < 1.29 is 0 Å². The average Bonchev–Trinajstić information content (AvgIpc) is 3.28. The molecule has 2 aromatic rings. The van der Waals surface area contributed by atoms with Crippen molar-refractivity contribution in [3.8, 4) is 0 Å². The Kier molecular flexibility index (Phi) is 9.08. The highest BCUT2D eigenvalue weighted by molar-refractivity contribution is 14.0. The summed E-state index contributed by atoms with van der Waals surface area (Å²) in [6, 6.07) is 0.314. The standard InChI is InChI=1S/C21H35N7S.HI/c1-7-22-20(23-11-10-18-25-16(13-29-18)21(4,5)6)24-15-8-9-17-26-19(14(2)3)27-28(17)12-15;/h13-15H,7-12H2,1-6H3,(H2,22,23,24);1H. The van der Waals surface area contributed by atoms with Crippen LogP contribution >= 0.6 is 35.3 Å². The molecule has 0 radical (unpaired) electrons. The monoisotopic (exact) mass is 545 g/mol.